The van der Waals surface area contributed by atoms with Crippen molar-refractivity contribution in [1.29, 1.82) is 0 Å². The minimum absolute atomic E-state index is 0.206. The fraction of sp³-hybridized carbons (Fsp3) is 0.138. The van der Waals surface area contributed by atoms with E-state index in [2.05, 4.69) is 115 Å². The molecule has 1 aliphatic heterocycles. The fourth-order valence-corrected chi connectivity index (χ4v) is 6.56. The van der Waals surface area contributed by atoms with Gasteiger partial charge in [0.1, 0.15) is 6.61 Å². The molecule has 5 rings (SSSR count). The molecule has 0 saturated heterocycles. The summed E-state index contributed by atoms with van der Waals surface area (Å²) >= 11 is 0. The molecule has 4 aromatic rings. The van der Waals surface area contributed by atoms with Gasteiger partial charge in [0.15, 0.2) is 0 Å². The Hall–Kier alpha value is -3.22. The van der Waals surface area contributed by atoms with Gasteiger partial charge in [-0.05, 0) is 48.3 Å². The molecule has 2 nitrogen and oxygen atoms in total. The zero-order chi connectivity index (χ0) is 21.6. The smallest absolute Gasteiger partial charge is 0.217 e. The lowest BCUT2D eigenvalue weighted by Crippen LogP contribution is -2.25. The molecule has 0 unspecified atom stereocenters. The number of aryl methyl sites for hydroxylation is 1. The Kier molecular flexibility index (Phi) is 6.42. The van der Waals surface area contributed by atoms with Crippen LogP contribution >= 0.6 is 7.92 Å². The van der Waals surface area contributed by atoms with E-state index >= 15 is 0 Å². The minimum Gasteiger partial charge on any atom is -0.475 e. The average Bonchev–Trinajstić information content (AvgIpc) is 3.34. The van der Waals surface area contributed by atoms with Crippen molar-refractivity contribution in [3.05, 3.63) is 126 Å². The largest absolute Gasteiger partial charge is 0.475 e. The van der Waals surface area contributed by atoms with Crippen LogP contribution in [0, 0.1) is 0 Å². The number of benzene rings is 4. The first-order chi connectivity index (χ1) is 15.9. The lowest BCUT2D eigenvalue weighted by molar-refractivity contribution is 0.312. The predicted octanol–water partition coefficient (Wildman–Crippen LogP) is 5.22. The van der Waals surface area contributed by atoms with Gasteiger partial charge in [-0.15, -0.1) is 0 Å². The second kappa shape index (κ2) is 9.94. The maximum Gasteiger partial charge on any atom is 0.217 e. The quantitative estimate of drug-likeness (QED) is 0.365. The van der Waals surface area contributed by atoms with Crippen LogP contribution in [0.25, 0.3) is 0 Å². The van der Waals surface area contributed by atoms with Crippen molar-refractivity contribution >= 4 is 29.7 Å². The summed E-state index contributed by atoms with van der Waals surface area (Å²) in [6, 6.07) is 41.0. The van der Waals surface area contributed by atoms with Crippen molar-refractivity contribution in [2.24, 2.45) is 4.99 Å². The SMILES string of the molecule is c1ccc(CC[C@H]2COC(c3ccccc3P(c3ccccc3)c3ccccc3)=N2)cc1. The third-order valence-electron chi connectivity index (χ3n) is 5.73. The lowest BCUT2D eigenvalue weighted by Gasteiger charge is -2.22. The standard InChI is InChI=1S/C29H26NOP/c1-4-12-23(13-5-1)20-21-24-22-31-29(30-24)27-18-10-11-19-28(27)32(25-14-6-2-7-15-25)26-16-8-3-9-17-26/h1-19,24H,20-22H2/t24-/m0/s1. The van der Waals surface area contributed by atoms with Crippen LogP contribution < -0.4 is 15.9 Å². The molecule has 158 valence electrons. The maximum atomic E-state index is 6.16. The zero-order valence-corrected chi connectivity index (χ0v) is 18.9. The average molecular weight is 436 g/mol. The summed E-state index contributed by atoms with van der Waals surface area (Å²) in [5.74, 6) is 0.790. The van der Waals surface area contributed by atoms with Crippen LogP contribution in [0.3, 0.4) is 0 Å². The summed E-state index contributed by atoms with van der Waals surface area (Å²) in [5.41, 5.74) is 2.47. The van der Waals surface area contributed by atoms with Crippen molar-refractivity contribution in [3.63, 3.8) is 0 Å². The molecule has 4 aromatic carbocycles. The van der Waals surface area contributed by atoms with Crippen LogP contribution in [0.2, 0.25) is 0 Å². The van der Waals surface area contributed by atoms with Gasteiger partial charge in [0.05, 0.1) is 6.04 Å². The summed E-state index contributed by atoms with van der Waals surface area (Å²) in [4.78, 5) is 5.01. The Morgan fingerprint density at radius 1 is 0.688 bits per heavy atom. The molecule has 0 amide bonds. The Morgan fingerprint density at radius 2 is 1.25 bits per heavy atom. The van der Waals surface area contributed by atoms with E-state index in [9.17, 15) is 0 Å². The van der Waals surface area contributed by atoms with Gasteiger partial charge in [-0.25, -0.2) is 4.99 Å². The van der Waals surface area contributed by atoms with Crippen LogP contribution in [-0.4, -0.2) is 18.5 Å². The van der Waals surface area contributed by atoms with E-state index in [4.69, 9.17) is 9.73 Å². The first kappa shape index (κ1) is 20.7. The van der Waals surface area contributed by atoms with E-state index in [0.717, 1.165) is 24.3 Å². The molecule has 1 heterocycles. The third-order valence-corrected chi connectivity index (χ3v) is 8.23. The Labute approximate surface area is 191 Å². The molecule has 0 N–H and O–H groups in total. The molecule has 0 fully saturated rings. The minimum atomic E-state index is -0.702. The van der Waals surface area contributed by atoms with Gasteiger partial charge in [-0.2, -0.15) is 0 Å². The summed E-state index contributed by atoms with van der Waals surface area (Å²) in [6.45, 7) is 0.658. The number of ether oxygens (including phenoxy) is 1. The summed E-state index contributed by atoms with van der Waals surface area (Å²) in [7, 11) is -0.702. The van der Waals surface area contributed by atoms with Gasteiger partial charge >= 0.3 is 0 Å². The van der Waals surface area contributed by atoms with Gasteiger partial charge in [0.2, 0.25) is 5.90 Å². The fourth-order valence-electron chi connectivity index (χ4n) is 4.12. The monoisotopic (exact) mass is 435 g/mol. The first-order valence-electron chi connectivity index (χ1n) is 11.1. The molecule has 0 aliphatic carbocycles. The van der Waals surface area contributed by atoms with E-state index in [1.54, 1.807) is 0 Å². The van der Waals surface area contributed by atoms with E-state index < -0.39 is 7.92 Å². The van der Waals surface area contributed by atoms with Crippen LogP contribution in [0.5, 0.6) is 0 Å². The van der Waals surface area contributed by atoms with Crippen LogP contribution in [0.15, 0.2) is 120 Å². The van der Waals surface area contributed by atoms with E-state index in [1.807, 2.05) is 0 Å². The number of hydrogen-bond acceptors (Lipinski definition) is 2. The van der Waals surface area contributed by atoms with E-state index in [-0.39, 0.29) is 6.04 Å². The Balaban J connectivity index is 1.46. The normalized spacial score (nSPS) is 15.4. The highest BCUT2D eigenvalue weighted by Gasteiger charge is 2.26. The van der Waals surface area contributed by atoms with E-state index in [0.29, 0.717) is 6.61 Å². The first-order valence-corrected chi connectivity index (χ1v) is 12.5. The zero-order valence-electron chi connectivity index (χ0n) is 18.0. The van der Waals surface area contributed by atoms with Crippen LogP contribution in [0.1, 0.15) is 17.5 Å². The molecular formula is C29H26NOP. The molecule has 1 atom stereocenters. The van der Waals surface area contributed by atoms with Crippen molar-refractivity contribution < 1.29 is 4.74 Å². The van der Waals surface area contributed by atoms with Gasteiger partial charge in [0, 0.05) is 5.56 Å². The van der Waals surface area contributed by atoms with Crippen LogP contribution in [0.4, 0.5) is 0 Å². The molecule has 0 spiro atoms. The highest BCUT2D eigenvalue weighted by atomic mass is 31.1. The summed E-state index contributed by atoms with van der Waals surface area (Å²) < 4.78 is 6.16. The third kappa shape index (κ3) is 4.66. The number of aliphatic imine (C=N–C) groups is 1. The number of rotatable bonds is 7. The van der Waals surface area contributed by atoms with Gasteiger partial charge < -0.3 is 4.74 Å². The summed E-state index contributed by atoms with van der Waals surface area (Å²) in [5, 5.41) is 3.96. The molecule has 3 heteroatoms. The van der Waals surface area contributed by atoms with E-state index in [1.165, 1.54) is 21.5 Å². The van der Waals surface area contributed by atoms with Crippen molar-refractivity contribution in [3.8, 4) is 0 Å². The number of hydrogen-bond donors (Lipinski definition) is 0. The predicted molar refractivity (Wildman–Crippen MR) is 136 cm³/mol. The van der Waals surface area contributed by atoms with Gasteiger partial charge in [-0.3, -0.25) is 0 Å². The molecule has 0 bridgehead atoms. The Bertz CT molecular complexity index is 1140. The van der Waals surface area contributed by atoms with Gasteiger partial charge in [-0.1, -0.05) is 109 Å². The van der Waals surface area contributed by atoms with Crippen molar-refractivity contribution in [2.75, 3.05) is 6.61 Å². The summed E-state index contributed by atoms with van der Waals surface area (Å²) in [6.07, 6.45) is 2.02. The number of nitrogens with zero attached hydrogens (tertiary/aromatic N) is 1. The van der Waals surface area contributed by atoms with Crippen molar-refractivity contribution in [1.82, 2.24) is 0 Å². The highest BCUT2D eigenvalue weighted by Crippen LogP contribution is 2.34. The molecule has 32 heavy (non-hydrogen) atoms. The highest BCUT2D eigenvalue weighted by molar-refractivity contribution is 7.80. The topological polar surface area (TPSA) is 21.6 Å². The molecule has 0 radical (unpaired) electrons. The lowest BCUT2D eigenvalue weighted by atomic mass is 10.1. The van der Waals surface area contributed by atoms with Crippen LogP contribution in [-0.2, 0) is 11.2 Å². The molecular weight excluding hydrogens is 409 g/mol. The molecule has 1 aliphatic rings. The molecule has 0 saturated carbocycles. The second-order valence-corrected chi connectivity index (χ2v) is 10.1. The Morgan fingerprint density at radius 3 is 1.91 bits per heavy atom. The van der Waals surface area contributed by atoms with Crippen molar-refractivity contribution in [2.45, 2.75) is 18.9 Å². The molecule has 0 aromatic heterocycles. The maximum absolute atomic E-state index is 6.16. The van der Waals surface area contributed by atoms with Gasteiger partial charge in [0.25, 0.3) is 0 Å². The second-order valence-electron chi connectivity index (χ2n) is 7.95.